The van der Waals surface area contributed by atoms with E-state index in [0.29, 0.717) is 28.1 Å². The quantitative estimate of drug-likeness (QED) is 0.285. The number of benzene rings is 1. The second-order valence-corrected chi connectivity index (χ2v) is 8.70. The number of carbonyl (C=O) groups is 3. The van der Waals surface area contributed by atoms with Gasteiger partial charge in [-0.3, -0.25) is 9.59 Å². The van der Waals surface area contributed by atoms with Gasteiger partial charge in [0.2, 0.25) is 5.78 Å². The second kappa shape index (κ2) is 9.56. The predicted octanol–water partition coefficient (Wildman–Crippen LogP) is 5.16. The molecule has 0 aliphatic heterocycles. The summed E-state index contributed by atoms with van der Waals surface area (Å²) < 4.78 is 10.7. The van der Waals surface area contributed by atoms with Crippen LogP contribution in [-0.4, -0.2) is 33.8 Å². The van der Waals surface area contributed by atoms with E-state index in [1.54, 1.807) is 26.0 Å². The highest BCUT2D eigenvalue weighted by molar-refractivity contribution is 7.98. The summed E-state index contributed by atoms with van der Waals surface area (Å²) in [6.07, 6.45) is -1.01. The topological polar surface area (TPSA) is 102 Å². The molecular formula is C24H26N2O5S. The Morgan fingerprint density at radius 2 is 1.84 bits per heavy atom. The Kier molecular flexibility index (Phi) is 7.03. The van der Waals surface area contributed by atoms with E-state index in [1.807, 2.05) is 26.0 Å². The number of rotatable bonds is 8. The van der Waals surface area contributed by atoms with Crippen molar-refractivity contribution in [3.63, 3.8) is 0 Å². The Balaban J connectivity index is 1.75. The van der Waals surface area contributed by atoms with Gasteiger partial charge in [-0.15, -0.1) is 11.8 Å². The first-order valence-electron chi connectivity index (χ1n) is 10.2. The van der Waals surface area contributed by atoms with Gasteiger partial charge in [-0.05, 0) is 59.2 Å². The maximum atomic E-state index is 12.9. The molecule has 2 aromatic heterocycles. The van der Waals surface area contributed by atoms with Crippen LogP contribution in [0.25, 0.3) is 0 Å². The number of aromatic amines is 1. The standard InChI is InChI=1S/C24H26N2O5S/c1-12-21(15(4)27)14(3)25-22(12)23(28)17(6)30-24(29)18-9-7-8-10-20(18)32-11-19-13(2)26-31-16(19)5/h7-10,17,25H,11H2,1-6H3. The fourth-order valence-corrected chi connectivity index (χ4v) is 4.82. The lowest BCUT2D eigenvalue weighted by Crippen LogP contribution is -2.25. The van der Waals surface area contributed by atoms with Gasteiger partial charge in [-0.1, -0.05) is 17.3 Å². The first-order chi connectivity index (χ1) is 15.1. The van der Waals surface area contributed by atoms with Crippen molar-refractivity contribution in [2.24, 2.45) is 0 Å². The summed E-state index contributed by atoms with van der Waals surface area (Å²) in [7, 11) is 0. The zero-order chi connectivity index (χ0) is 23.6. The molecular weight excluding hydrogens is 428 g/mol. The number of hydrogen-bond acceptors (Lipinski definition) is 7. The summed E-state index contributed by atoms with van der Waals surface area (Å²) in [5.41, 5.74) is 4.15. The van der Waals surface area contributed by atoms with Gasteiger partial charge in [0.25, 0.3) is 0 Å². The molecule has 0 fully saturated rings. The highest BCUT2D eigenvalue weighted by atomic mass is 32.2. The minimum Gasteiger partial charge on any atom is -0.451 e. The van der Waals surface area contributed by atoms with Crippen LogP contribution < -0.4 is 0 Å². The number of H-pyrrole nitrogens is 1. The molecule has 1 unspecified atom stereocenters. The third kappa shape index (κ3) is 4.70. The van der Waals surface area contributed by atoms with E-state index in [-0.39, 0.29) is 17.3 Å². The van der Waals surface area contributed by atoms with Gasteiger partial charge in [-0.25, -0.2) is 4.79 Å². The molecule has 0 saturated heterocycles. The molecule has 0 aliphatic carbocycles. The number of aryl methyl sites for hydroxylation is 3. The van der Waals surface area contributed by atoms with Crippen LogP contribution in [-0.2, 0) is 10.5 Å². The Hall–Kier alpha value is -3.13. The second-order valence-electron chi connectivity index (χ2n) is 7.68. The molecule has 0 spiro atoms. The molecule has 168 valence electrons. The molecule has 0 amide bonds. The van der Waals surface area contributed by atoms with Crippen LogP contribution in [0.3, 0.4) is 0 Å². The maximum Gasteiger partial charge on any atom is 0.339 e. The van der Waals surface area contributed by atoms with Crippen molar-refractivity contribution in [3.05, 3.63) is 69.4 Å². The van der Waals surface area contributed by atoms with Gasteiger partial charge in [0, 0.05) is 27.5 Å². The third-order valence-electron chi connectivity index (χ3n) is 5.35. The zero-order valence-corrected chi connectivity index (χ0v) is 19.8. The van der Waals surface area contributed by atoms with Crippen LogP contribution in [0.15, 0.2) is 33.7 Å². The van der Waals surface area contributed by atoms with Crippen molar-refractivity contribution in [1.29, 1.82) is 0 Å². The normalized spacial score (nSPS) is 11.9. The number of esters is 1. The number of aromatic nitrogens is 2. The average Bonchev–Trinajstić information content (AvgIpc) is 3.23. The minimum absolute atomic E-state index is 0.121. The van der Waals surface area contributed by atoms with E-state index < -0.39 is 12.1 Å². The lowest BCUT2D eigenvalue weighted by Gasteiger charge is -2.14. The van der Waals surface area contributed by atoms with E-state index in [2.05, 4.69) is 10.1 Å². The SMILES string of the molecule is CC(=O)c1c(C)[nH]c(C(=O)C(C)OC(=O)c2ccccc2SCc2c(C)noc2C)c1C. The molecule has 8 heteroatoms. The van der Waals surface area contributed by atoms with E-state index >= 15 is 0 Å². The monoisotopic (exact) mass is 454 g/mol. The summed E-state index contributed by atoms with van der Waals surface area (Å²) in [6, 6.07) is 7.10. The molecule has 3 aromatic rings. The van der Waals surface area contributed by atoms with Crippen LogP contribution in [0.4, 0.5) is 0 Å². The molecule has 3 rings (SSSR count). The van der Waals surface area contributed by atoms with Crippen LogP contribution >= 0.6 is 11.8 Å². The van der Waals surface area contributed by atoms with E-state index in [9.17, 15) is 14.4 Å². The Labute approximate surface area is 190 Å². The maximum absolute atomic E-state index is 12.9. The van der Waals surface area contributed by atoms with Crippen molar-refractivity contribution >= 4 is 29.3 Å². The first-order valence-corrected chi connectivity index (χ1v) is 11.2. The van der Waals surface area contributed by atoms with Gasteiger partial charge in [0.1, 0.15) is 5.76 Å². The Morgan fingerprint density at radius 1 is 1.16 bits per heavy atom. The lowest BCUT2D eigenvalue weighted by atomic mass is 10.0. The van der Waals surface area contributed by atoms with Crippen molar-refractivity contribution in [2.75, 3.05) is 0 Å². The van der Waals surface area contributed by atoms with Crippen molar-refractivity contribution < 1.29 is 23.6 Å². The summed E-state index contributed by atoms with van der Waals surface area (Å²) in [6.45, 7) is 10.2. The highest BCUT2D eigenvalue weighted by Gasteiger charge is 2.27. The molecule has 0 saturated carbocycles. The van der Waals surface area contributed by atoms with Crippen LogP contribution in [0.2, 0.25) is 0 Å². The number of Topliss-reactive ketones (excluding diaryl/α,β-unsaturated/α-hetero) is 2. The highest BCUT2D eigenvalue weighted by Crippen LogP contribution is 2.29. The minimum atomic E-state index is -1.01. The molecule has 32 heavy (non-hydrogen) atoms. The Morgan fingerprint density at radius 3 is 2.44 bits per heavy atom. The summed E-state index contributed by atoms with van der Waals surface area (Å²) in [5.74, 6) is 0.252. The van der Waals surface area contributed by atoms with Crippen LogP contribution in [0, 0.1) is 27.7 Å². The van der Waals surface area contributed by atoms with Crippen molar-refractivity contribution in [3.8, 4) is 0 Å². The summed E-state index contributed by atoms with van der Waals surface area (Å²) >= 11 is 1.47. The number of hydrogen-bond donors (Lipinski definition) is 1. The largest absolute Gasteiger partial charge is 0.451 e. The van der Waals surface area contributed by atoms with Crippen LogP contribution in [0.5, 0.6) is 0 Å². The molecule has 1 aromatic carbocycles. The fourth-order valence-electron chi connectivity index (χ4n) is 3.62. The summed E-state index contributed by atoms with van der Waals surface area (Å²) in [5, 5.41) is 3.96. The Bertz CT molecular complexity index is 1170. The van der Waals surface area contributed by atoms with E-state index in [0.717, 1.165) is 21.9 Å². The van der Waals surface area contributed by atoms with Gasteiger partial charge in [0.05, 0.1) is 17.0 Å². The number of thioether (sulfide) groups is 1. The number of nitrogens with zero attached hydrogens (tertiary/aromatic N) is 1. The summed E-state index contributed by atoms with van der Waals surface area (Å²) in [4.78, 5) is 41.4. The molecule has 2 heterocycles. The van der Waals surface area contributed by atoms with E-state index in [1.165, 1.54) is 25.6 Å². The fraction of sp³-hybridized carbons (Fsp3) is 0.333. The molecule has 0 bridgehead atoms. The van der Waals surface area contributed by atoms with Crippen molar-refractivity contribution in [2.45, 2.75) is 58.3 Å². The van der Waals surface area contributed by atoms with Crippen LogP contribution in [0.1, 0.15) is 73.3 Å². The average molecular weight is 455 g/mol. The number of nitrogens with one attached hydrogen (secondary N) is 1. The predicted molar refractivity (Wildman–Crippen MR) is 121 cm³/mol. The van der Waals surface area contributed by atoms with Gasteiger partial charge >= 0.3 is 5.97 Å². The zero-order valence-electron chi connectivity index (χ0n) is 19.0. The van der Waals surface area contributed by atoms with Gasteiger partial charge in [-0.2, -0.15) is 0 Å². The molecule has 1 atom stereocenters. The number of ketones is 2. The van der Waals surface area contributed by atoms with E-state index in [4.69, 9.17) is 9.26 Å². The third-order valence-corrected chi connectivity index (χ3v) is 6.45. The van der Waals surface area contributed by atoms with Crippen molar-refractivity contribution in [1.82, 2.24) is 10.1 Å². The number of ether oxygens (including phenoxy) is 1. The first kappa shape index (κ1) is 23.5. The number of carbonyl (C=O) groups excluding carboxylic acids is 3. The lowest BCUT2D eigenvalue weighted by molar-refractivity contribution is 0.0313. The molecule has 0 radical (unpaired) electrons. The molecule has 7 nitrogen and oxygen atoms in total. The smallest absolute Gasteiger partial charge is 0.339 e. The molecule has 0 aliphatic rings. The van der Waals surface area contributed by atoms with Gasteiger partial charge in [0.15, 0.2) is 11.9 Å². The molecule has 1 N–H and O–H groups in total. The van der Waals surface area contributed by atoms with Gasteiger partial charge < -0.3 is 14.2 Å².